The maximum atomic E-state index is 12.6. The molecule has 0 aliphatic carbocycles. The van der Waals surface area contributed by atoms with E-state index in [1.807, 2.05) is 22.8 Å². The molecule has 9 heteroatoms. The molecule has 0 bridgehead atoms. The summed E-state index contributed by atoms with van der Waals surface area (Å²) in [6.45, 7) is 1.08. The second-order valence-corrected chi connectivity index (χ2v) is 6.73. The molecule has 2 aromatic heterocycles. The number of halogens is 1. The highest BCUT2D eigenvalue weighted by molar-refractivity contribution is 7.16. The third-order valence-corrected chi connectivity index (χ3v) is 4.86. The molecular weight excluding hydrogens is 364 g/mol. The summed E-state index contributed by atoms with van der Waals surface area (Å²) >= 11 is 7.48. The van der Waals surface area contributed by atoms with Crippen LogP contribution in [-0.4, -0.2) is 41.1 Å². The predicted octanol–water partition coefficient (Wildman–Crippen LogP) is 2.49. The quantitative estimate of drug-likeness (QED) is 0.681. The Labute approximate surface area is 153 Å². The van der Waals surface area contributed by atoms with Gasteiger partial charge in [-0.15, -0.1) is 5.10 Å². The van der Waals surface area contributed by atoms with E-state index in [4.69, 9.17) is 21.1 Å². The van der Waals surface area contributed by atoms with Crippen LogP contribution in [0.2, 0.25) is 5.02 Å². The molecule has 2 heterocycles. The number of rotatable bonds is 5. The van der Waals surface area contributed by atoms with Crippen LogP contribution in [0.5, 0.6) is 5.88 Å². The smallest absolute Gasteiger partial charge is 0.286 e. The Morgan fingerprint density at radius 1 is 1.40 bits per heavy atom. The number of carbonyl (C=O) groups is 1. The van der Waals surface area contributed by atoms with Crippen LogP contribution in [0.4, 0.5) is 0 Å². The molecule has 0 unspecified atom stereocenters. The van der Waals surface area contributed by atoms with Crippen molar-refractivity contribution in [3.63, 3.8) is 0 Å². The molecule has 0 aliphatic rings. The van der Waals surface area contributed by atoms with Crippen molar-refractivity contribution in [2.45, 2.75) is 6.54 Å². The monoisotopic (exact) mass is 380 g/mol. The standard InChI is InChI=1S/C16H17ClN4O3S/c1-20-9-11(15(19-20)24-3)14(22)18-16-21(6-7-23-2)12-5-4-10(17)8-13(12)25-16/h4-5,8-9H,6-7H2,1-3H3. The summed E-state index contributed by atoms with van der Waals surface area (Å²) in [5.74, 6) is -0.155. The Hall–Kier alpha value is -2.16. The number of fused-ring (bicyclic) bond motifs is 1. The minimum atomic E-state index is -0.409. The molecule has 0 spiro atoms. The number of thiazole rings is 1. The van der Waals surface area contributed by atoms with E-state index < -0.39 is 5.91 Å². The van der Waals surface area contributed by atoms with Gasteiger partial charge in [0.15, 0.2) is 4.80 Å². The molecule has 0 N–H and O–H groups in total. The van der Waals surface area contributed by atoms with Gasteiger partial charge in [0.05, 0.1) is 23.9 Å². The minimum absolute atomic E-state index is 0.254. The van der Waals surface area contributed by atoms with Gasteiger partial charge in [-0.3, -0.25) is 9.48 Å². The second kappa shape index (κ2) is 7.38. The van der Waals surface area contributed by atoms with Crippen LogP contribution in [0, 0.1) is 0 Å². The number of hydrogen-bond acceptors (Lipinski definition) is 5. The number of ether oxygens (including phenoxy) is 2. The zero-order valence-electron chi connectivity index (χ0n) is 14.0. The number of amides is 1. The number of benzene rings is 1. The molecule has 0 fully saturated rings. The largest absolute Gasteiger partial charge is 0.479 e. The number of hydrogen-bond donors (Lipinski definition) is 0. The molecule has 7 nitrogen and oxygen atoms in total. The second-order valence-electron chi connectivity index (χ2n) is 5.28. The van der Waals surface area contributed by atoms with Crippen molar-refractivity contribution < 1.29 is 14.3 Å². The van der Waals surface area contributed by atoms with Gasteiger partial charge < -0.3 is 14.0 Å². The van der Waals surface area contributed by atoms with Gasteiger partial charge in [0.25, 0.3) is 5.91 Å². The van der Waals surface area contributed by atoms with E-state index in [1.54, 1.807) is 20.4 Å². The SMILES string of the molecule is COCCn1c(=NC(=O)c2cn(C)nc2OC)sc2cc(Cl)ccc21. The summed E-state index contributed by atoms with van der Waals surface area (Å²) in [4.78, 5) is 17.5. The molecule has 0 radical (unpaired) electrons. The van der Waals surface area contributed by atoms with E-state index >= 15 is 0 Å². The van der Waals surface area contributed by atoms with Crippen LogP contribution in [0.25, 0.3) is 10.2 Å². The summed E-state index contributed by atoms with van der Waals surface area (Å²) in [5.41, 5.74) is 1.27. The van der Waals surface area contributed by atoms with E-state index in [0.717, 1.165) is 10.2 Å². The summed E-state index contributed by atoms with van der Waals surface area (Å²) < 4.78 is 14.7. The molecule has 25 heavy (non-hydrogen) atoms. The topological polar surface area (TPSA) is 70.6 Å². The van der Waals surface area contributed by atoms with E-state index in [0.29, 0.717) is 28.5 Å². The van der Waals surface area contributed by atoms with Gasteiger partial charge in [0, 0.05) is 31.9 Å². The highest BCUT2D eigenvalue weighted by Gasteiger charge is 2.17. The third-order valence-electron chi connectivity index (χ3n) is 3.58. The number of aryl methyl sites for hydroxylation is 1. The fraction of sp³-hybridized carbons (Fsp3) is 0.312. The number of nitrogens with zero attached hydrogens (tertiary/aromatic N) is 4. The van der Waals surface area contributed by atoms with E-state index in [9.17, 15) is 4.79 Å². The number of methoxy groups -OCH3 is 2. The van der Waals surface area contributed by atoms with Crippen LogP contribution < -0.4 is 9.54 Å². The molecule has 3 aromatic rings. The van der Waals surface area contributed by atoms with Crippen LogP contribution in [-0.2, 0) is 18.3 Å². The predicted molar refractivity (Wildman–Crippen MR) is 96.4 cm³/mol. The zero-order valence-corrected chi connectivity index (χ0v) is 15.6. The van der Waals surface area contributed by atoms with Gasteiger partial charge in [-0.25, -0.2) is 0 Å². The summed E-state index contributed by atoms with van der Waals surface area (Å²) in [5, 5.41) is 4.73. The lowest BCUT2D eigenvalue weighted by atomic mass is 10.3. The van der Waals surface area contributed by atoms with E-state index in [-0.39, 0.29) is 5.88 Å². The fourth-order valence-electron chi connectivity index (χ4n) is 2.44. The average molecular weight is 381 g/mol. The molecule has 0 saturated carbocycles. The van der Waals surface area contributed by atoms with Crippen LogP contribution >= 0.6 is 22.9 Å². The van der Waals surface area contributed by atoms with Gasteiger partial charge in [-0.05, 0) is 18.2 Å². The van der Waals surface area contributed by atoms with Crippen LogP contribution in [0.3, 0.4) is 0 Å². The molecule has 1 aromatic carbocycles. The number of aromatic nitrogens is 3. The third kappa shape index (κ3) is 3.60. The molecule has 0 aliphatic heterocycles. The van der Waals surface area contributed by atoms with Crippen molar-refractivity contribution in [2.24, 2.45) is 12.0 Å². The lowest BCUT2D eigenvalue weighted by molar-refractivity contribution is 0.0994. The van der Waals surface area contributed by atoms with E-state index in [2.05, 4.69) is 10.1 Å². The first-order valence-electron chi connectivity index (χ1n) is 7.48. The summed E-state index contributed by atoms with van der Waals surface area (Å²) in [7, 11) is 4.83. The number of carbonyl (C=O) groups excluding carboxylic acids is 1. The Balaban J connectivity index is 2.12. The van der Waals surface area contributed by atoms with Crippen molar-refractivity contribution in [3.05, 3.63) is 39.8 Å². The van der Waals surface area contributed by atoms with Crippen LogP contribution in [0.15, 0.2) is 29.4 Å². The first kappa shape index (κ1) is 17.7. The summed E-state index contributed by atoms with van der Waals surface area (Å²) in [6.07, 6.45) is 1.59. The zero-order chi connectivity index (χ0) is 18.0. The highest BCUT2D eigenvalue weighted by atomic mass is 35.5. The molecule has 0 atom stereocenters. The molecule has 132 valence electrons. The normalized spacial score (nSPS) is 12.1. The maximum Gasteiger partial charge on any atom is 0.286 e. The van der Waals surface area contributed by atoms with Crippen molar-refractivity contribution in [1.82, 2.24) is 14.3 Å². The van der Waals surface area contributed by atoms with Crippen molar-refractivity contribution in [3.8, 4) is 5.88 Å². The first-order valence-corrected chi connectivity index (χ1v) is 8.67. The maximum absolute atomic E-state index is 12.6. The van der Waals surface area contributed by atoms with Gasteiger partial charge >= 0.3 is 0 Å². The fourth-order valence-corrected chi connectivity index (χ4v) is 3.77. The average Bonchev–Trinajstić information content (AvgIpc) is 3.12. The van der Waals surface area contributed by atoms with Crippen molar-refractivity contribution in [2.75, 3.05) is 20.8 Å². The lowest BCUT2D eigenvalue weighted by Crippen LogP contribution is -2.19. The highest BCUT2D eigenvalue weighted by Crippen LogP contribution is 2.22. The van der Waals surface area contributed by atoms with Gasteiger partial charge in [0.2, 0.25) is 5.88 Å². The van der Waals surface area contributed by atoms with Gasteiger partial charge in [-0.2, -0.15) is 4.99 Å². The minimum Gasteiger partial charge on any atom is -0.479 e. The lowest BCUT2D eigenvalue weighted by Gasteiger charge is -2.04. The Morgan fingerprint density at radius 3 is 2.92 bits per heavy atom. The first-order chi connectivity index (χ1) is 12.0. The van der Waals surface area contributed by atoms with Gasteiger partial charge in [-0.1, -0.05) is 22.9 Å². The molecule has 3 rings (SSSR count). The Bertz CT molecular complexity index is 989. The van der Waals surface area contributed by atoms with Crippen LogP contribution in [0.1, 0.15) is 10.4 Å². The molecule has 0 saturated heterocycles. The van der Waals surface area contributed by atoms with Crippen molar-refractivity contribution in [1.29, 1.82) is 0 Å². The molecule has 1 amide bonds. The Kier molecular flexibility index (Phi) is 5.22. The summed E-state index contributed by atoms with van der Waals surface area (Å²) in [6, 6.07) is 5.59. The Morgan fingerprint density at radius 2 is 2.20 bits per heavy atom. The van der Waals surface area contributed by atoms with Crippen molar-refractivity contribution >= 4 is 39.1 Å². The molecular formula is C16H17ClN4O3S. The van der Waals surface area contributed by atoms with Gasteiger partial charge in [0.1, 0.15) is 5.56 Å². The van der Waals surface area contributed by atoms with E-state index in [1.165, 1.54) is 23.1 Å².